The van der Waals surface area contributed by atoms with Crippen LogP contribution in [-0.4, -0.2) is 75.2 Å². The summed E-state index contributed by atoms with van der Waals surface area (Å²) in [5.41, 5.74) is 7.82. The van der Waals surface area contributed by atoms with Crippen molar-refractivity contribution in [3.63, 3.8) is 0 Å². The van der Waals surface area contributed by atoms with Crippen molar-refractivity contribution < 1.29 is 23.8 Å². The molecule has 0 aliphatic carbocycles. The Bertz CT molecular complexity index is 1440. The molecule has 8 nitrogen and oxygen atoms in total. The second-order valence-electron chi connectivity index (χ2n) is 11.5. The molecule has 2 heterocycles. The van der Waals surface area contributed by atoms with E-state index in [-0.39, 0.29) is 29.7 Å². The average molecular weight is 606 g/mol. The van der Waals surface area contributed by atoms with Gasteiger partial charge in [-0.2, -0.15) is 0 Å². The lowest BCUT2D eigenvalue weighted by Crippen LogP contribution is -2.57. The number of halogens is 1. The highest BCUT2D eigenvalue weighted by atomic mass is 35.5. The van der Waals surface area contributed by atoms with Crippen molar-refractivity contribution in [2.45, 2.75) is 37.1 Å². The van der Waals surface area contributed by atoms with E-state index in [4.69, 9.17) is 31.5 Å². The van der Waals surface area contributed by atoms with E-state index in [1.54, 1.807) is 33.5 Å². The van der Waals surface area contributed by atoms with Gasteiger partial charge in [-0.1, -0.05) is 54.1 Å². The fraction of sp³-hybridized carbons (Fsp3) is 0.412. The molecule has 0 aromatic heterocycles. The zero-order valence-electron chi connectivity index (χ0n) is 25.2. The van der Waals surface area contributed by atoms with Crippen molar-refractivity contribution in [2.75, 3.05) is 47.5 Å². The largest absolute Gasteiger partial charge is 0.493 e. The maximum atomic E-state index is 13.6. The second kappa shape index (κ2) is 12.9. The second-order valence-corrected chi connectivity index (χ2v) is 11.9. The van der Waals surface area contributed by atoms with Crippen LogP contribution in [-0.2, 0) is 10.2 Å². The summed E-state index contributed by atoms with van der Waals surface area (Å²) in [4.78, 5) is 31.3. The first-order valence-electron chi connectivity index (χ1n) is 14.7. The number of hydrogen-bond acceptors (Lipinski definition) is 6. The highest BCUT2D eigenvalue weighted by Crippen LogP contribution is 2.47. The van der Waals surface area contributed by atoms with E-state index in [1.807, 2.05) is 59.5 Å². The molecule has 3 aromatic rings. The summed E-state index contributed by atoms with van der Waals surface area (Å²) in [5.74, 6) is 1.05. The van der Waals surface area contributed by atoms with Crippen LogP contribution in [0.1, 0.15) is 47.2 Å². The van der Waals surface area contributed by atoms with Gasteiger partial charge < -0.3 is 24.8 Å². The highest BCUT2D eigenvalue weighted by Gasteiger charge is 2.51. The molecule has 0 bridgehead atoms. The van der Waals surface area contributed by atoms with E-state index in [9.17, 15) is 9.59 Å². The lowest BCUT2D eigenvalue weighted by atomic mass is 9.62. The monoisotopic (exact) mass is 605 g/mol. The Morgan fingerprint density at radius 1 is 0.930 bits per heavy atom. The number of amides is 2. The lowest BCUT2D eigenvalue weighted by Gasteiger charge is -2.49. The zero-order valence-corrected chi connectivity index (χ0v) is 26.0. The number of ether oxygens (including phenoxy) is 3. The molecule has 2 saturated heterocycles. The Labute approximate surface area is 258 Å². The summed E-state index contributed by atoms with van der Waals surface area (Å²) in [5, 5.41) is 0.630. The third kappa shape index (κ3) is 5.78. The summed E-state index contributed by atoms with van der Waals surface area (Å²) in [6.07, 6.45) is 1.48. The van der Waals surface area contributed by atoms with Gasteiger partial charge in [-0.05, 0) is 67.6 Å². The first-order chi connectivity index (χ1) is 20.7. The Hall–Kier alpha value is -3.75. The van der Waals surface area contributed by atoms with Crippen LogP contribution in [0.25, 0.3) is 0 Å². The number of likely N-dealkylation sites (tertiary alicyclic amines) is 2. The minimum absolute atomic E-state index is 0.0683. The highest BCUT2D eigenvalue weighted by molar-refractivity contribution is 6.30. The zero-order chi connectivity index (χ0) is 30.7. The fourth-order valence-corrected chi connectivity index (χ4v) is 7.23. The number of hydrogen-bond donors (Lipinski definition) is 1. The first-order valence-corrected chi connectivity index (χ1v) is 15.1. The summed E-state index contributed by atoms with van der Waals surface area (Å²) in [6.45, 7) is 4.89. The van der Waals surface area contributed by atoms with Crippen molar-refractivity contribution in [2.24, 2.45) is 11.7 Å². The Morgan fingerprint density at radius 2 is 1.63 bits per heavy atom. The molecule has 0 spiro atoms. The van der Waals surface area contributed by atoms with Crippen LogP contribution < -0.4 is 19.9 Å². The van der Waals surface area contributed by atoms with Gasteiger partial charge in [-0.3, -0.25) is 14.5 Å². The minimum atomic E-state index is -0.855. The molecule has 2 fully saturated rings. The summed E-state index contributed by atoms with van der Waals surface area (Å²) < 4.78 is 16.4. The van der Waals surface area contributed by atoms with Crippen LogP contribution in [0.4, 0.5) is 0 Å². The third-order valence-electron chi connectivity index (χ3n) is 9.47. The molecule has 2 aliphatic heterocycles. The standard InChI is InChI=1S/C34H40ClN3O5/c1-22(24-13-15-38(20-24)32(39)25-18-29(41-2)31(43-4)30(19-25)42-3)37-16-14-34(33(36)40,26-10-6-5-7-11-26)28(21-37)23-9-8-12-27(35)17-23/h5-12,17-19,22,24,28H,13-16,20-21H2,1-4H3,(H2,36,40). The van der Waals surface area contributed by atoms with Gasteiger partial charge >= 0.3 is 0 Å². The SMILES string of the molecule is COc1cc(C(=O)N2CCC(C(C)N3CCC(C(N)=O)(c4ccccc4)C(c4cccc(Cl)c4)C3)C2)cc(OC)c1OC. The molecule has 43 heavy (non-hydrogen) atoms. The summed E-state index contributed by atoms with van der Waals surface area (Å²) in [6, 6.07) is 21.2. The van der Waals surface area contributed by atoms with Gasteiger partial charge in [0.1, 0.15) is 0 Å². The molecule has 2 N–H and O–H groups in total. The summed E-state index contributed by atoms with van der Waals surface area (Å²) >= 11 is 6.45. The van der Waals surface area contributed by atoms with Gasteiger partial charge in [-0.15, -0.1) is 0 Å². The van der Waals surface area contributed by atoms with Gasteiger partial charge in [0.15, 0.2) is 11.5 Å². The van der Waals surface area contributed by atoms with Gasteiger partial charge in [-0.25, -0.2) is 0 Å². The van der Waals surface area contributed by atoms with Crippen molar-refractivity contribution in [3.05, 3.63) is 88.4 Å². The Morgan fingerprint density at radius 3 is 2.23 bits per heavy atom. The van der Waals surface area contributed by atoms with Crippen LogP contribution in [0.5, 0.6) is 17.2 Å². The molecule has 4 unspecified atom stereocenters. The number of nitrogens with zero attached hydrogens (tertiary/aromatic N) is 2. The van der Waals surface area contributed by atoms with Gasteiger partial charge in [0.25, 0.3) is 5.91 Å². The van der Waals surface area contributed by atoms with E-state index in [0.29, 0.717) is 60.4 Å². The molecular formula is C34H40ClN3O5. The van der Waals surface area contributed by atoms with Gasteiger partial charge in [0.2, 0.25) is 11.7 Å². The molecular weight excluding hydrogens is 566 g/mol. The van der Waals surface area contributed by atoms with Crippen molar-refractivity contribution in [1.82, 2.24) is 9.80 Å². The normalized spacial score (nSPS) is 23.0. The Balaban J connectivity index is 1.38. The van der Waals surface area contributed by atoms with E-state index >= 15 is 0 Å². The maximum Gasteiger partial charge on any atom is 0.254 e. The Kier molecular flexibility index (Phi) is 9.18. The number of rotatable bonds is 9. The molecule has 4 atom stereocenters. The molecule has 9 heteroatoms. The maximum absolute atomic E-state index is 13.6. The smallest absolute Gasteiger partial charge is 0.254 e. The number of piperidine rings is 1. The topological polar surface area (TPSA) is 94.3 Å². The van der Waals surface area contributed by atoms with Crippen LogP contribution >= 0.6 is 11.6 Å². The minimum Gasteiger partial charge on any atom is -0.493 e. The first kappa shape index (κ1) is 30.7. The number of methoxy groups -OCH3 is 3. The van der Waals surface area contributed by atoms with Crippen molar-refractivity contribution in [1.29, 1.82) is 0 Å². The quantitative estimate of drug-likeness (QED) is 0.363. The van der Waals surface area contributed by atoms with Crippen molar-refractivity contribution in [3.8, 4) is 17.2 Å². The van der Waals surface area contributed by atoms with Gasteiger partial charge in [0.05, 0.1) is 26.7 Å². The van der Waals surface area contributed by atoms with E-state index in [0.717, 1.165) is 17.5 Å². The number of carbonyl (C=O) groups is 2. The number of nitrogens with two attached hydrogens (primary N) is 1. The number of carbonyl (C=O) groups excluding carboxylic acids is 2. The predicted octanol–water partition coefficient (Wildman–Crippen LogP) is 5.13. The predicted molar refractivity (Wildman–Crippen MR) is 167 cm³/mol. The van der Waals surface area contributed by atoms with Crippen LogP contribution in [0, 0.1) is 5.92 Å². The van der Waals surface area contributed by atoms with Gasteiger partial charge in [0, 0.05) is 42.2 Å². The fourth-order valence-electron chi connectivity index (χ4n) is 7.03. The molecule has 2 amide bonds. The summed E-state index contributed by atoms with van der Waals surface area (Å²) in [7, 11) is 4.62. The molecule has 2 aliphatic rings. The molecule has 0 radical (unpaired) electrons. The van der Waals surface area contributed by atoms with Crippen LogP contribution in [0.15, 0.2) is 66.7 Å². The molecule has 5 rings (SSSR count). The van der Waals surface area contributed by atoms with E-state index < -0.39 is 5.41 Å². The van der Waals surface area contributed by atoms with Crippen LogP contribution in [0.2, 0.25) is 5.02 Å². The van der Waals surface area contributed by atoms with E-state index in [1.165, 1.54) is 0 Å². The third-order valence-corrected chi connectivity index (χ3v) is 9.70. The molecule has 3 aromatic carbocycles. The molecule has 0 saturated carbocycles. The average Bonchev–Trinajstić information content (AvgIpc) is 3.53. The van der Waals surface area contributed by atoms with Crippen LogP contribution in [0.3, 0.4) is 0 Å². The van der Waals surface area contributed by atoms with E-state index in [2.05, 4.69) is 11.8 Å². The number of benzene rings is 3. The van der Waals surface area contributed by atoms with Crippen molar-refractivity contribution >= 4 is 23.4 Å². The molecule has 228 valence electrons. The lowest BCUT2D eigenvalue weighted by molar-refractivity contribution is -0.126. The number of primary amides is 1.